The van der Waals surface area contributed by atoms with E-state index in [0.717, 1.165) is 18.3 Å². The lowest BCUT2D eigenvalue weighted by Gasteiger charge is -2.18. The van der Waals surface area contributed by atoms with Gasteiger partial charge in [-0.15, -0.1) is 0 Å². The maximum Gasteiger partial charge on any atom is -0.0132 e. The molecule has 0 fully saturated rings. The Morgan fingerprint density at radius 3 is 0.882 bits per heavy atom. The first kappa shape index (κ1) is 92.2. The molecule has 10 rings (SSSR count). The van der Waals surface area contributed by atoms with Gasteiger partial charge in [-0.3, -0.25) is 0 Å². The highest BCUT2D eigenvalue weighted by Gasteiger charge is 2.12. The molecule has 10 aromatic rings. The third-order valence-corrected chi connectivity index (χ3v) is 18.2. The van der Waals surface area contributed by atoms with Crippen LogP contribution in [0.3, 0.4) is 0 Å². The Morgan fingerprint density at radius 1 is 0.284 bits per heavy atom. The summed E-state index contributed by atoms with van der Waals surface area (Å²) in [6, 6.07) is 80.9. The molecule has 552 valence electrons. The van der Waals surface area contributed by atoms with Crippen LogP contribution in [0.15, 0.2) is 224 Å². The molecule has 0 amide bonds. The fourth-order valence-corrected chi connectivity index (χ4v) is 10.9. The lowest BCUT2D eigenvalue weighted by Crippen LogP contribution is -2.10. The molecule has 10 aromatic carbocycles. The van der Waals surface area contributed by atoms with Gasteiger partial charge >= 0.3 is 0 Å². The standard InChI is InChI=1S/2C12H18.2C11H16.3C10H14.2C9H12.C8H10/c1-4-10(2)9-12-7-5-11(3)6-8-12;1-4-5-11(3)12-8-6-10(2)7-9-12;1-9-5-7-10(8-6-9)11(2,3)4;1-3-4-5-11-8-6-10(2)7-9-11;1-7-5-8(2)10(4)9(3)6-7;1-8(2)10-6-4-9(3)5-7-10;1-3-4-10-7-5-9(2)6-8-10;1-7-4-8(2)6-9(3)5-7;1-3-9-6-4-8(2)5-7-9;1-7-3-5-8(2)6-4-7/h5-8,10H,4,9H2,1-3H3;6-9,11H,4-5H2,1-3H3;5-8H,1-4H3;6-9H,3-5H2,1-2H3;5-6H,1-4H3;4-8H,1-3H3;5-8H,3-4H2,1-2H3;4-6H,1-3H3;4-7H,3H2,1-2H3;3-6H,1-2H3. The second-order valence-corrected chi connectivity index (χ2v) is 30.5. The van der Waals surface area contributed by atoms with Crippen molar-refractivity contribution in [1.29, 1.82) is 0 Å². The van der Waals surface area contributed by atoms with E-state index in [1.807, 2.05) is 0 Å². The topological polar surface area (TPSA) is 0 Å². The molecule has 0 heteroatoms. The number of hydrogen-bond donors (Lipinski definition) is 0. The summed E-state index contributed by atoms with van der Waals surface area (Å²) in [6.45, 7) is 60.9. The first-order chi connectivity index (χ1) is 48.2. The fourth-order valence-electron chi connectivity index (χ4n) is 10.9. The summed E-state index contributed by atoms with van der Waals surface area (Å²) < 4.78 is 0. The molecule has 0 aliphatic rings. The summed E-state index contributed by atoms with van der Waals surface area (Å²) in [5, 5.41) is 0. The van der Waals surface area contributed by atoms with E-state index in [9.17, 15) is 0 Å². The predicted octanol–water partition coefficient (Wildman–Crippen LogP) is 30.6. The number of unbranched alkanes of at least 4 members (excludes halogenated alkanes) is 1. The van der Waals surface area contributed by atoms with E-state index in [2.05, 4.69) is 418 Å². The van der Waals surface area contributed by atoms with Crippen molar-refractivity contribution in [2.45, 2.75) is 275 Å². The molecule has 0 bridgehead atoms. The molecular formula is C102H144. The quantitative estimate of drug-likeness (QED) is 0.108. The summed E-state index contributed by atoms with van der Waals surface area (Å²) in [6.07, 6.45) is 12.5. The van der Waals surface area contributed by atoms with E-state index < -0.39 is 0 Å². The maximum atomic E-state index is 2.31. The molecule has 0 heterocycles. The highest BCUT2D eigenvalue weighted by atomic mass is 14.2. The lowest BCUT2D eigenvalue weighted by atomic mass is 9.87. The highest BCUT2D eigenvalue weighted by Crippen LogP contribution is 2.23. The zero-order valence-electron chi connectivity index (χ0n) is 70.2. The van der Waals surface area contributed by atoms with Gasteiger partial charge in [-0.1, -0.05) is 406 Å². The molecule has 0 N–H and O–H groups in total. The van der Waals surface area contributed by atoms with E-state index in [4.69, 9.17) is 0 Å². The van der Waals surface area contributed by atoms with Crippen LogP contribution in [0.25, 0.3) is 0 Å². The molecular weight excluding hydrogens is 1230 g/mol. The van der Waals surface area contributed by atoms with Gasteiger partial charge < -0.3 is 0 Å². The van der Waals surface area contributed by atoms with Crippen LogP contribution in [0.4, 0.5) is 0 Å². The van der Waals surface area contributed by atoms with Crippen LogP contribution in [-0.4, -0.2) is 0 Å². The Balaban J connectivity index is 0.000000568. The summed E-state index contributed by atoms with van der Waals surface area (Å²) in [7, 11) is 0. The van der Waals surface area contributed by atoms with Crippen molar-refractivity contribution < 1.29 is 0 Å². The van der Waals surface area contributed by atoms with Gasteiger partial charge in [-0.25, -0.2) is 0 Å². The number of benzene rings is 10. The Hall–Kier alpha value is -7.80. The van der Waals surface area contributed by atoms with Gasteiger partial charge in [-0.05, 0) is 228 Å². The Labute approximate surface area is 629 Å². The highest BCUT2D eigenvalue weighted by molar-refractivity contribution is 5.36. The molecule has 0 spiro atoms. The molecule has 102 heavy (non-hydrogen) atoms. The lowest BCUT2D eigenvalue weighted by molar-refractivity contribution is 0.560. The summed E-state index contributed by atoms with van der Waals surface area (Å²) in [5.41, 5.74) is 32.1. The number of hydrogen-bond acceptors (Lipinski definition) is 0. The monoisotopic (exact) mass is 1370 g/mol. The summed E-state index contributed by atoms with van der Waals surface area (Å²) in [4.78, 5) is 0. The molecule has 0 aromatic heterocycles. The van der Waals surface area contributed by atoms with Gasteiger partial charge in [0.2, 0.25) is 0 Å². The first-order valence-corrected chi connectivity index (χ1v) is 38.8. The van der Waals surface area contributed by atoms with Crippen molar-refractivity contribution in [3.8, 4) is 0 Å². The van der Waals surface area contributed by atoms with Crippen molar-refractivity contribution in [2.75, 3.05) is 0 Å². The van der Waals surface area contributed by atoms with Crippen molar-refractivity contribution in [1.82, 2.24) is 0 Å². The van der Waals surface area contributed by atoms with E-state index >= 15 is 0 Å². The third kappa shape index (κ3) is 43.9. The minimum Gasteiger partial charge on any atom is -0.0654 e. The van der Waals surface area contributed by atoms with Crippen LogP contribution in [0, 0.1) is 117 Å². The van der Waals surface area contributed by atoms with Gasteiger partial charge in [0.15, 0.2) is 0 Å². The second kappa shape index (κ2) is 52.2. The van der Waals surface area contributed by atoms with Crippen LogP contribution in [0.2, 0.25) is 0 Å². The first-order valence-electron chi connectivity index (χ1n) is 38.8. The van der Waals surface area contributed by atoms with E-state index in [1.54, 1.807) is 0 Å². The van der Waals surface area contributed by atoms with Crippen LogP contribution < -0.4 is 0 Å². The largest absolute Gasteiger partial charge is 0.0654 e. The van der Waals surface area contributed by atoms with Crippen LogP contribution in [0.5, 0.6) is 0 Å². The molecule has 2 atom stereocenters. The normalized spacial score (nSPS) is 10.8. The molecule has 0 aliphatic carbocycles. The van der Waals surface area contributed by atoms with Crippen molar-refractivity contribution >= 4 is 0 Å². The average molecular weight is 1370 g/mol. The van der Waals surface area contributed by atoms with E-state index in [0.29, 0.717) is 5.92 Å². The zero-order chi connectivity index (χ0) is 76.7. The SMILES string of the molecule is CCC(C)Cc1ccc(C)cc1.CCCC(C)c1ccc(C)cc1.CCCCc1ccc(C)cc1.CCCc1ccc(C)cc1.CCc1ccc(C)cc1.Cc1cc(C)c(C)c(C)c1.Cc1cc(C)cc(C)c1.Cc1ccc(C(C)(C)C)cc1.Cc1ccc(C(C)C)cc1.Cc1ccc(C)cc1. The van der Waals surface area contributed by atoms with E-state index in [-0.39, 0.29) is 5.41 Å². The summed E-state index contributed by atoms with van der Waals surface area (Å²) in [5.74, 6) is 2.18. The molecule has 2 unspecified atom stereocenters. The number of rotatable bonds is 13. The van der Waals surface area contributed by atoms with Gasteiger partial charge in [0, 0.05) is 0 Å². The maximum absolute atomic E-state index is 2.31. The van der Waals surface area contributed by atoms with Crippen molar-refractivity contribution in [2.24, 2.45) is 5.92 Å². The van der Waals surface area contributed by atoms with Gasteiger partial charge in [-0.2, -0.15) is 0 Å². The molecule has 0 saturated carbocycles. The number of aryl methyl sites for hydroxylation is 18. The molecule has 0 radical (unpaired) electrons. The third-order valence-electron chi connectivity index (χ3n) is 18.2. The average Bonchev–Trinajstić information content (AvgIpc) is 0.879. The Morgan fingerprint density at radius 2 is 0.578 bits per heavy atom. The van der Waals surface area contributed by atoms with Crippen molar-refractivity contribution in [3.63, 3.8) is 0 Å². The molecule has 0 saturated heterocycles. The minimum absolute atomic E-state index is 0.285. The zero-order valence-corrected chi connectivity index (χ0v) is 70.2. The van der Waals surface area contributed by atoms with Crippen LogP contribution in [-0.2, 0) is 31.1 Å². The smallest absolute Gasteiger partial charge is 0.0132 e. The predicted molar refractivity (Wildman–Crippen MR) is 461 cm³/mol. The van der Waals surface area contributed by atoms with E-state index in [1.165, 1.54) is 186 Å². The second-order valence-electron chi connectivity index (χ2n) is 30.5. The summed E-state index contributed by atoms with van der Waals surface area (Å²) >= 11 is 0. The molecule has 0 nitrogen and oxygen atoms in total. The Kier molecular flexibility index (Phi) is 47.2. The van der Waals surface area contributed by atoms with Crippen molar-refractivity contribution in [3.05, 3.63) is 352 Å². The fraction of sp³-hybridized carbons (Fsp3) is 0.412. The van der Waals surface area contributed by atoms with Crippen LogP contribution >= 0.6 is 0 Å². The minimum atomic E-state index is 0.285. The Bertz CT molecular complexity index is 3600. The van der Waals surface area contributed by atoms with Gasteiger partial charge in [0.05, 0.1) is 0 Å². The van der Waals surface area contributed by atoms with Gasteiger partial charge in [0.25, 0.3) is 0 Å². The molecule has 0 aliphatic heterocycles. The van der Waals surface area contributed by atoms with Gasteiger partial charge in [0.1, 0.15) is 0 Å². The van der Waals surface area contributed by atoms with Crippen LogP contribution in [0.1, 0.15) is 261 Å².